The van der Waals surface area contributed by atoms with Crippen LogP contribution in [-0.2, 0) is 7.05 Å². The van der Waals surface area contributed by atoms with Gasteiger partial charge in [0.05, 0.1) is 26.7 Å². The molecule has 0 spiro atoms. The fourth-order valence-corrected chi connectivity index (χ4v) is 3.54. The third-order valence-electron chi connectivity index (χ3n) is 4.47. The fraction of sp³-hybridized carbons (Fsp3) is 0.706. The quantitative estimate of drug-likeness (QED) is 0.632. The molecule has 1 atom stereocenters. The second-order valence-electron chi connectivity index (χ2n) is 6.65. The van der Waals surface area contributed by atoms with E-state index in [0.29, 0.717) is 6.04 Å². The van der Waals surface area contributed by atoms with Gasteiger partial charge in [0.15, 0.2) is 5.11 Å². The molecule has 5 heteroatoms. The van der Waals surface area contributed by atoms with E-state index >= 15 is 0 Å². The first-order valence-corrected chi connectivity index (χ1v) is 8.95. The highest BCUT2D eigenvalue weighted by atomic mass is 32.1. The van der Waals surface area contributed by atoms with Crippen LogP contribution in [-0.4, -0.2) is 48.3 Å². The number of nitrogens with zero attached hydrogens (tertiary/aromatic N) is 2. The summed E-state index contributed by atoms with van der Waals surface area (Å²) in [4.78, 5) is 3.91. The second-order valence-corrected chi connectivity index (χ2v) is 7.03. The van der Waals surface area contributed by atoms with Gasteiger partial charge in [-0.25, -0.2) is 0 Å². The Morgan fingerprint density at radius 2 is 2.18 bits per heavy atom. The zero-order chi connectivity index (χ0) is 15.9. The first-order valence-electron chi connectivity index (χ1n) is 8.54. The minimum Gasteiger partial charge on any atom is -0.362 e. The molecule has 1 aromatic heterocycles. The molecule has 0 saturated carbocycles. The molecular weight excluding hydrogens is 292 g/mol. The van der Waals surface area contributed by atoms with Crippen molar-refractivity contribution in [1.82, 2.24) is 14.8 Å². The molecule has 1 saturated heterocycles. The van der Waals surface area contributed by atoms with Crippen LogP contribution in [0, 0.1) is 0 Å². The summed E-state index contributed by atoms with van der Waals surface area (Å²) in [7, 11) is 6.52. The molecule has 124 valence electrons. The number of rotatable bonds is 5. The number of thiocarbonyl (C=S) groups is 1. The summed E-state index contributed by atoms with van der Waals surface area (Å²) in [5.41, 5.74) is 1.38. The van der Waals surface area contributed by atoms with Gasteiger partial charge in [-0.05, 0) is 37.2 Å². The highest BCUT2D eigenvalue weighted by Gasteiger charge is 2.26. The van der Waals surface area contributed by atoms with E-state index in [9.17, 15) is 0 Å². The first-order chi connectivity index (χ1) is 10.6. The fourth-order valence-electron chi connectivity index (χ4n) is 3.22. The maximum atomic E-state index is 5.71. The SMILES string of the molecule is Cn1cccc1[C@@H]1CCCCCN1C(=S)NCCC[NH+](C)C. The molecule has 1 aliphatic heterocycles. The van der Waals surface area contributed by atoms with Crippen molar-refractivity contribution in [3.05, 3.63) is 24.0 Å². The van der Waals surface area contributed by atoms with E-state index < -0.39 is 0 Å². The third-order valence-corrected chi connectivity index (χ3v) is 4.85. The zero-order valence-corrected chi connectivity index (χ0v) is 15.1. The molecule has 0 aromatic carbocycles. The minimum atomic E-state index is 0.418. The molecule has 0 amide bonds. The molecular formula is C17H31N4S+. The predicted molar refractivity (Wildman–Crippen MR) is 96.2 cm³/mol. The summed E-state index contributed by atoms with van der Waals surface area (Å²) < 4.78 is 2.24. The van der Waals surface area contributed by atoms with Gasteiger partial charge in [-0.2, -0.15) is 0 Å². The van der Waals surface area contributed by atoms with Crippen LogP contribution in [0.25, 0.3) is 0 Å². The van der Waals surface area contributed by atoms with Gasteiger partial charge in [0.25, 0.3) is 0 Å². The average Bonchev–Trinajstić information content (AvgIpc) is 2.75. The Balaban J connectivity index is 1.98. The van der Waals surface area contributed by atoms with Crippen LogP contribution < -0.4 is 10.2 Å². The van der Waals surface area contributed by atoms with Gasteiger partial charge in [-0.3, -0.25) is 0 Å². The van der Waals surface area contributed by atoms with Gasteiger partial charge in [0.2, 0.25) is 0 Å². The number of hydrogen-bond acceptors (Lipinski definition) is 1. The van der Waals surface area contributed by atoms with E-state index in [-0.39, 0.29) is 0 Å². The van der Waals surface area contributed by atoms with Crippen molar-refractivity contribution >= 4 is 17.3 Å². The van der Waals surface area contributed by atoms with Crippen molar-refractivity contribution in [3.63, 3.8) is 0 Å². The number of aromatic nitrogens is 1. The number of aryl methyl sites for hydroxylation is 1. The zero-order valence-electron chi connectivity index (χ0n) is 14.3. The van der Waals surface area contributed by atoms with Gasteiger partial charge in [0, 0.05) is 38.4 Å². The van der Waals surface area contributed by atoms with Gasteiger partial charge < -0.3 is 19.7 Å². The molecule has 0 radical (unpaired) electrons. The van der Waals surface area contributed by atoms with Crippen LogP contribution in [0.2, 0.25) is 0 Å². The van der Waals surface area contributed by atoms with E-state index in [0.717, 1.165) is 24.6 Å². The maximum Gasteiger partial charge on any atom is 0.169 e. The Kier molecular flexibility index (Phi) is 6.70. The topological polar surface area (TPSA) is 24.6 Å². The molecule has 2 rings (SSSR count). The Morgan fingerprint density at radius 1 is 1.36 bits per heavy atom. The van der Waals surface area contributed by atoms with Crippen molar-refractivity contribution in [2.45, 2.75) is 38.1 Å². The Hall–Kier alpha value is -1.07. The van der Waals surface area contributed by atoms with E-state index in [1.165, 1.54) is 42.8 Å². The molecule has 22 heavy (non-hydrogen) atoms. The van der Waals surface area contributed by atoms with Crippen molar-refractivity contribution < 1.29 is 4.90 Å². The van der Waals surface area contributed by atoms with Gasteiger partial charge in [-0.15, -0.1) is 0 Å². The Morgan fingerprint density at radius 3 is 2.86 bits per heavy atom. The lowest BCUT2D eigenvalue weighted by molar-refractivity contribution is -0.858. The van der Waals surface area contributed by atoms with E-state index in [1.807, 2.05) is 0 Å². The van der Waals surface area contributed by atoms with Crippen molar-refractivity contribution in [2.24, 2.45) is 7.05 Å². The molecule has 4 nitrogen and oxygen atoms in total. The van der Waals surface area contributed by atoms with Crippen LogP contribution >= 0.6 is 12.2 Å². The molecule has 1 aliphatic rings. The van der Waals surface area contributed by atoms with E-state index in [1.54, 1.807) is 0 Å². The summed E-state index contributed by atoms with van der Waals surface area (Å²) in [5.74, 6) is 0. The highest BCUT2D eigenvalue weighted by Crippen LogP contribution is 2.30. The Labute approximate surface area is 140 Å². The smallest absolute Gasteiger partial charge is 0.169 e. The van der Waals surface area contributed by atoms with Crippen molar-refractivity contribution in [2.75, 3.05) is 33.7 Å². The predicted octanol–water partition coefficient (Wildman–Crippen LogP) is 1.35. The molecule has 0 unspecified atom stereocenters. The third kappa shape index (κ3) is 4.71. The average molecular weight is 324 g/mol. The normalized spacial score (nSPS) is 19.3. The van der Waals surface area contributed by atoms with Crippen LogP contribution in [0.15, 0.2) is 18.3 Å². The monoisotopic (exact) mass is 323 g/mol. The van der Waals surface area contributed by atoms with Crippen LogP contribution in [0.3, 0.4) is 0 Å². The highest BCUT2D eigenvalue weighted by molar-refractivity contribution is 7.80. The summed E-state index contributed by atoms with van der Waals surface area (Å²) in [6.07, 6.45) is 8.33. The molecule has 2 N–H and O–H groups in total. The number of likely N-dealkylation sites (tertiary alicyclic amines) is 1. The van der Waals surface area contributed by atoms with E-state index in [4.69, 9.17) is 12.2 Å². The van der Waals surface area contributed by atoms with Crippen LogP contribution in [0.5, 0.6) is 0 Å². The van der Waals surface area contributed by atoms with Crippen molar-refractivity contribution in [1.29, 1.82) is 0 Å². The number of hydrogen-bond donors (Lipinski definition) is 2. The molecule has 1 aromatic rings. The summed E-state index contributed by atoms with van der Waals surface area (Å²) in [5, 5.41) is 4.41. The van der Waals surface area contributed by atoms with Crippen molar-refractivity contribution in [3.8, 4) is 0 Å². The lowest BCUT2D eigenvalue weighted by Gasteiger charge is -2.33. The largest absolute Gasteiger partial charge is 0.362 e. The summed E-state index contributed by atoms with van der Waals surface area (Å²) >= 11 is 5.71. The Bertz CT molecular complexity index is 469. The maximum absolute atomic E-state index is 5.71. The standard InChI is InChI=1S/C17H30N4S/c1-19(2)12-8-11-18-17(22)21-14-6-4-5-9-16(21)15-10-7-13-20(15)3/h7,10,13,16H,4-6,8-9,11-12,14H2,1-3H3,(H,18,22)/p+1/t16-/m0/s1. The lowest BCUT2D eigenvalue weighted by Crippen LogP contribution is -3.05. The first kappa shape index (κ1) is 17.3. The molecule has 2 heterocycles. The number of quaternary nitrogens is 1. The van der Waals surface area contributed by atoms with Gasteiger partial charge in [0.1, 0.15) is 0 Å². The van der Waals surface area contributed by atoms with E-state index in [2.05, 4.69) is 54.3 Å². The minimum absolute atomic E-state index is 0.418. The molecule has 1 fully saturated rings. The molecule has 0 aliphatic carbocycles. The molecule has 0 bridgehead atoms. The lowest BCUT2D eigenvalue weighted by atomic mass is 10.1. The second kappa shape index (κ2) is 8.53. The summed E-state index contributed by atoms with van der Waals surface area (Å²) in [6, 6.07) is 4.79. The van der Waals surface area contributed by atoms with Crippen LogP contribution in [0.4, 0.5) is 0 Å². The summed E-state index contributed by atoms with van der Waals surface area (Å²) in [6.45, 7) is 3.22. The van der Waals surface area contributed by atoms with Crippen LogP contribution in [0.1, 0.15) is 43.8 Å². The number of nitrogens with one attached hydrogen (secondary N) is 2. The van der Waals surface area contributed by atoms with Gasteiger partial charge in [-0.1, -0.05) is 12.8 Å². The van der Waals surface area contributed by atoms with Gasteiger partial charge >= 0.3 is 0 Å².